The average molecular weight is 805 g/mol. The van der Waals surface area contributed by atoms with Gasteiger partial charge in [0.2, 0.25) is 23.6 Å². The van der Waals surface area contributed by atoms with Gasteiger partial charge in [0.15, 0.2) is 0 Å². The summed E-state index contributed by atoms with van der Waals surface area (Å²) >= 11 is 0. The topological polar surface area (TPSA) is 201 Å². The van der Waals surface area contributed by atoms with Crippen molar-refractivity contribution in [1.29, 1.82) is 0 Å². The molecule has 0 aliphatic rings. The van der Waals surface area contributed by atoms with E-state index in [9.17, 15) is 19.2 Å². The molecule has 0 saturated heterocycles. The highest BCUT2D eigenvalue weighted by atomic mass is 16.5. The molecular formula is C40H84N8O8. The largest absolute Gasteiger partial charge is 0.377 e. The summed E-state index contributed by atoms with van der Waals surface area (Å²) in [6, 6.07) is 1.17. The van der Waals surface area contributed by atoms with Crippen LogP contribution in [-0.2, 0) is 38.1 Å². The van der Waals surface area contributed by atoms with Crippen LogP contribution in [0, 0.1) is 0 Å². The van der Waals surface area contributed by atoms with Gasteiger partial charge in [0.1, 0.15) is 0 Å². The number of carbonyl (C=O) groups is 4. The van der Waals surface area contributed by atoms with Gasteiger partial charge in [0.05, 0.1) is 64.9 Å². The second-order valence-corrected chi connectivity index (χ2v) is 15.0. The molecule has 56 heavy (non-hydrogen) atoms. The maximum atomic E-state index is 12.4. The zero-order valence-electron chi connectivity index (χ0n) is 36.9. The van der Waals surface area contributed by atoms with Crippen molar-refractivity contribution in [2.24, 2.45) is 0 Å². The number of hydrogen-bond acceptors (Lipinski definition) is 12. The van der Waals surface area contributed by atoms with E-state index in [0.717, 1.165) is 51.6 Å². The smallest absolute Gasteiger partial charge is 0.237 e. The van der Waals surface area contributed by atoms with Crippen molar-refractivity contribution in [1.82, 2.24) is 42.5 Å². The van der Waals surface area contributed by atoms with Crippen LogP contribution in [0.1, 0.15) is 108 Å². The SMILES string of the molecule is CC(=O)NCCOCCOCCNC(=O)C(CCCCNC(C)C)NC(C)C.CC(=O)NCCOCCOCCNC(=O)C(CCCCNC(C)C)NC(C)C. The molecule has 0 fully saturated rings. The number of nitrogens with one attached hydrogen (secondary N) is 8. The summed E-state index contributed by atoms with van der Waals surface area (Å²) in [5.74, 6) is -0.0671. The summed E-state index contributed by atoms with van der Waals surface area (Å²) in [7, 11) is 0. The maximum absolute atomic E-state index is 12.4. The molecule has 0 aromatic heterocycles. The van der Waals surface area contributed by atoms with Crippen molar-refractivity contribution in [3.05, 3.63) is 0 Å². The van der Waals surface area contributed by atoms with Gasteiger partial charge in [-0.1, -0.05) is 68.2 Å². The number of ether oxygens (including phenoxy) is 4. The lowest BCUT2D eigenvalue weighted by Gasteiger charge is -2.21. The van der Waals surface area contributed by atoms with E-state index in [1.165, 1.54) is 13.8 Å². The predicted molar refractivity (Wildman–Crippen MR) is 225 cm³/mol. The molecule has 8 N–H and O–H groups in total. The third-order valence-electron chi connectivity index (χ3n) is 7.72. The van der Waals surface area contributed by atoms with E-state index in [1.807, 2.05) is 0 Å². The van der Waals surface area contributed by atoms with Crippen LogP contribution in [0.15, 0.2) is 0 Å². The molecule has 0 rings (SSSR count). The van der Waals surface area contributed by atoms with Crippen molar-refractivity contribution >= 4 is 23.6 Å². The van der Waals surface area contributed by atoms with Gasteiger partial charge in [-0.25, -0.2) is 0 Å². The van der Waals surface area contributed by atoms with E-state index in [4.69, 9.17) is 18.9 Å². The van der Waals surface area contributed by atoms with Gasteiger partial charge in [0.25, 0.3) is 0 Å². The zero-order valence-corrected chi connectivity index (χ0v) is 36.9. The molecule has 0 aliphatic carbocycles. The summed E-state index contributed by atoms with van der Waals surface area (Å²) in [5, 5.41) is 24.7. The van der Waals surface area contributed by atoms with Gasteiger partial charge in [-0.15, -0.1) is 0 Å². The van der Waals surface area contributed by atoms with Gasteiger partial charge >= 0.3 is 0 Å². The lowest BCUT2D eigenvalue weighted by Crippen LogP contribution is -2.47. The summed E-state index contributed by atoms with van der Waals surface area (Å²) in [5.41, 5.74) is 0. The van der Waals surface area contributed by atoms with Crippen LogP contribution in [0.4, 0.5) is 0 Å². The Hall–Kier alpha value is -2.44. The van der Waals surface area contributed by atoms with Gasteiger partial charge < -0.3 is 61.5 Å². The Morgan fingerprint density at radius 2 is 0.696 bits per heavy atom. The highest BCUT2D eigenvalue weighted by Crippen LogP contribution is 2.04. The van der Waals surface area contributed by atoms with E-state index in [1.54, 1.807) is 0 Å². The minimum Gasteiger partial charge on any atom is -0.377 e. The van der Waals surface area contributed by atoms with Crippen LogP contribution < -0.4 is 42.5 Å². The molecule has 0 saturated carbocycles. The Labute approximate surface area is 339 Å². The first-order chi connectivity index (χ1) is 26.6. The average Bonchev–Trinajstić information content (AvgIpc) is 3.11. The lowest BCUT2D eigenvalue weighted by atomic mass is 10.1. The van der Waals surface area contributed by atoms with Gasteiger partial charge in [-0.2, -0.15) is 0 Å². The number of rotatable bonds is 36. The molecule has 0 spiro atoms. The zero-order chi connectivity index (χ0) is 42.4. The van der Waals surface area contributed by atoms with Crippen molar-refractivity contribution in [3.63, 3.8) is 0 Å². The van der Waals surface area contributed by atoms with Crippen LogP contribution in [0.5, 0.6) is 0 Å². The van der Waals surface area contributed by atoms with Crippen molar-refractivity contribution in [2.75, 3.05) is 92.1 Å². The highest BCUT2D eigenvalue weighted by molar-refractivity contribution is 5.82. The molecule has 0 aromatic carbocycles. The van der Waals surface area contributed by atoms with E-state index >= 15 is 0 Å². The summed E-state index contributed by atoms with van der Waals surface area (Å²) in [6.45, 7) is 27.3. The van der Waals surface area contributed by atoms with Crippen molar-refractivity contribution in [3.8, 4) is 0 Å². The monoisotopic (exact) mass is 805 g/mol. The molecule has 0 radical (unpaired) electrons. The Kier molecular flexibility index (Phi) is 39.1. The van der Waals surface area contributed by atoms with Crippen molar-refractivity contribution < 1.29 is 38.1 Å². The first-order valence-corrected chi connectivity index (χ1v) is 21.0. The number of unbranched alkanes of at least 4 members (excludes halogenated alkanes) is 2. The van der Waals surface area contributed by atoms with Crippen molar-refractivity contribution in [2.45, 2.75) is 144 Å². The van der Waals surface area contributed by atoms with Gasteiger partial charge in [-0.05, 0) is 38.8 Å². The first kappa shape index (κ1) is 55.7. The predicted octanol–water partition coefficient (Wildman–Crippen LogP) is 1.61. The quantitative estimate of drug-likeness (QED) is 0.0427. The fourth-order valence-corrected chi connectivity index (χ4v) is 5.09. The molecule has 16 heteroatoms. The fraction of sp³-hybridized carbons (Fsp3) is 0.900. The minimum atomic E-state index is -0.170. The Morgan fingerprint density at radius 3 is 0.964 bits per heavy atom. The van der Waals surface area contributed by atoms with Crippen LogP contribution in [-0.4, -0.2) is 152 Å². The summed E-state index contributed by atoms with van der Waals surface area (Å²) < 4.78 is 21.6. The molecule has 16 nitrogen and oxygen atoms in total. The standard InChI is InChI=1S/2C20H42N4O4/c2*1-16(2)21-9-7-6-8-19(24-17(3)4)20(26)23-11-13-28-15-14-27-12-10-22-18(5)25/h2*16-17,19,21,24H,6-15H2,1-5H3,(H,22,25)(H,23,26). The fourth-order valence-electron chi connectivity index (χ4n) is 5.09. The molecule has 2 atom stereocenters. The number of hydrogen-bond donors (Lipinski definition) is 8. The second-order valence-electron chi connectivity index (χ2n) is 15.0. The molecule has 0 bridgehead atoms. The molecular weight excluding hydrogens is 720 g/mol. The van der Waals surface area contributed by atoms with Crippen LogP contribution >= 0.6 is 0 Å². The van der Waals surface area contributed by atoms with Gasteiger partial charge in [-0.3, -0.25) is 19.2 Å². The third kappa shape index (κ3) is 42.7. The Bertz CT molecular complexity index is 885. The van der Waals surface area contributed by atoms with E-state index in [0.29, 0.717) is 91.1 Å². The highest BCUT2D eigenvalue weighted by Gasteiger charge is 2.19. The van der Waals surface area contributed by atoms with E-state index in [2.05, 4.69) is 97.9 Å². The molecule has 332 valence electrons. The maximum Gasteiger partial charge on any atom is 0.237 e. The van der Waals surface area contributed by atoms with Gasteiger partial charge in [0, 0.05) is 64.2 Å². The van der Waals surface area contributed by atoms with E-state index < -0.39 is 0 Å². The molecule has 0 heterocycles. The molecule has 0 aliphatic heterocycles. The third-order valence-corrected chi connectivity index (χ3v) is 7.72. The molecule has 2 unspecified atom stereocenters. The Balaban J connectivity index is 0. The Morgan fingerprint density at radius 1 is 0.393 bits per heavy atom. The summed E-state index contributed by atoms with van der Waals surface area (Å²) in [6.07, 6.45) is 5.78. The molecule has 0 aromatic rings. The number of amides is 4. The second kappa shape index (κ2) is 39.4. The van der Waals surface area contributed by atoms with E-state index in [-0.39, 0.29) is 47.8 Å². The van der Waals surface area contributed by atoms with Crippen LogP contribution in [0.25, 0.3) is 0 Å². The number of carbonyl (C=O) groups excluding carboxylic acids is 4. The summed E-state index contributed by atoms with van der Waals surface area (Å²) in [4.78, 5) is 46.2. The minimum absolute atomic E-state index is 0.0284. The van der Waals surface area contributed by atoms with Crippen LogP contribution in [0.3, 0.4) is 0 Å². The normalized spacial score (nSPS) is 12.4. The molecule has 4 amide bonds. The van der Waals surface area contributed by atoms with Crippen LogP contribution in [0.2, 0.25) is 0 Å². The lowest BCUT2D eigenvalue weighted by molar-refractivity contribution is -0.124. The first-order valence-electron chi connectivity index (χ1n) is 21.0.